The van der Waals surface area contributed by atoms with Gasteiger partial charge < -0.3 is 5.11 Å². The molecule has 0 amide bonds. The fourth-order valence-corrected chi connectivity index (χ4v) is 1.61. The first-order valence-corrected chi connectivity index (χ1v) is 5.30. The van der Waals surface area contributed by atoms with Crippen LogP contribution in [0.2, 0.25) is 0 Å². The molecule has 0 unspecified atom stereocenters. The summed E-state index contributed by atoms with van der Waals surface area (Å²) in [7, 11) is 0. The lowest BCUT2D eigenvalue weighted by atomic mass is 9.91. The van der Waals surface area contributed by atoms with Gasteiger partial charge in [0, 0.05) is 23.1 Å². The third-order valence-corrected chi connectivity index (χ3v) is 2.59. The first-order chi connectivity index (χ1) is 6.93. The number of carboxylic acids is 1. The highest BCUT2D eigenvalue weighted by Crippen LogP contribution is 2.24. The molecule has 0 aromatic heterocycles. The van der Waals surface area contributed by atoms with Crippen LogP contribution in [0.3, 0.4) is 0 Å². The topological polar surface area (TPSA) is 37.3 Å². The van der Waals surface area contributed by atoms with Gasteiger partial charge in [0.25, 0.3) is 0 Å². The average Bonchev–Trinajstić information content (AvgIpc) is 2.16. The Morgan fingerprint density at radius 1 is 1.12 bits per heavy atom. The number of hydrogen-bond donors (Lipinski definition) is 1. The minimum Gasteiger partial charge on any atom is -0.478 e. The van der Waals surface area contributed by atoms with Crippen LogP contribution >= 0.6 is 0 Å². The molecule has 0 spiro atoms. The van der Waals surface area contributed by atoms with Crippen molar-refractivity contribution in [2.75, 3.05) is 0 Å². The van der Waals surface area contributed by atoms with Crippen LogP contribution in [0.4, 0.5) is 0 Å². The van der Waals surface area contributed by atoms with Crippen LogP contribution in [-0.4, -0.2) is 34.1 Å². The lowest BCUT2D eigenvalue weighted by molar-refractivity contribution is 0.0695. The third-order valence-electron chi connectivity index (χ3n) is 2.59. The zero-order valence-electron chi connectivity index (χ0n) is 10.4. The molecule has 16 heavy (non-hydrogen) atoms. The van der Waals surface area contributed by atoms with E-state index in [4.69, 9.17) is 5.11 Å². The monoisotopic (exact) mass is 230 g/mol. The van der Waals surface area contributed by atoms with E-state index in [1.54, 1.807) is 6.07 Å². The van der Waals surface area contributed by atoms with Gasteiger partial charge in [0.2, 0.25) is 0 Å². The molecule has 2 radical (unpaired) electrons. The SMILES string of the molecule is CC(C)c1ccc(C(=O)O)c(C(C)C)c1.[Mg]. The second-order valence-corrected chi connectivity index (χ2v) is 4.46. The van der Waals surface area contributed by atoms with Gasteiger partial charge in [-0.25, -0.2) is 4.79 Å². The number of benzene rings is 1. The summed E-state index contributed by atoms with van der Waals surface area (Å²) in [6.07, 6.45) is 0. The molecule has 1 rings (SSSR count). The number of hydrogen-bond acceptors (Lipinski definition) is 1. The molecule has 2 nitrogen and oxygen atoms in total. The molecule has 0 bridgehead atoms. The summed E-state index contributed by atoms with van der Waals surface area (Å²) in [5.74, 6) is -0.158. The van der Waals surface area contributed by atoms with Gasteiger partial charge in [0.1, 0.15) is 0 Å². The van der Waals surface area contributed by atoms with Gasteiger partial charge in [0.05, 0.1) is 5.56 Å². The Bertz CT molecular complexity index is 370. The Morgan fingerprint density at radius 2 is 1.69 bits per heavy atom. The predicted octanol–water partition coefficient (Wildman–Crippen LogP) is 3.25. The summed E-state index contributed by atoms with van der Waals surface area (Å²) in [5.41, 5.74) is 2.55. The molecule has 0 aliphatic rings. The van der Waals surface area contributed by atoms with Crippen molar-refractivity contribution in [3.8, 4) is 0 Å². The molecule has 0 aliphatic heterocycles. The fourth-order valence-electron chi connectivity index (χ4n) is 1.61. The van der Waals surface area contributed by atoms with E-state index in [1.807, 2.05) is 26.0 Å². The van der Waals surface area contributed by atoms with Crippen molar-refractivity contribution < 1.29 is 9.90 Å². The molecule has 84 valence electrons. The minimum atomic E-state index is -0.839. The summed E-state index contributed by atoms with van der Waals surface area (Å²) in [5, 5.41) is 9.04. The average molecular weight is 231 g/mol. The second-order valence-electron chi connectivity index (χ2n) is 4.46. The van der Waals surface area contributed by atoms with Crippen molar-refractivity contribution in [3.63, 3.8) is 0 Å². The van der Waals surface area contributed by atoms with Crippen molar-refractivity contribution >= 4 is 29.0 Å². The molecule has 1 N–H and O–H groups in total. The highest BCUT2D eigenvalue weighted by atomic mass is 24.3. The molecule has 1 aromatic carbocycles. The summed E-state index contributed by atoms with van der Waals surface area (Å²) in [6.45, 7) is 8.26. The highest BCUT2D eigenvalue weighted by Gasteiger charge is 2.14. The maximum atomic E-state index is 11.0. The largest absolute Gasteiger partial charge is 0.478 e. The first-order valence-electron chi connectivity index (χ1n) is 5.30. The van der Waals surface area contributed by atoms with Gasteiger partial charge in [-0.15, -0.1) is 0 Å². The minimum absolute atomic E-state index is 0. The van der Waals surface area contributed by atoms with E-state index in [-0.39, 0.29) is 29.0 Å². The molecule has 1 aromatic rings. The molecule has 0 heterocycles. The van der Waals surface area contributed by atoms with Crippen LogP contribution in [0.5, 0.6) is 0 Å². The second kappa shape index (κ2) is 6.26. The Balaban J connectivity index is 0.00000225. The Morgan fingerprint density at radius 3 is 2.06 bits per heavy atom. The number of carboxylic acid groups (broad SMARTS) is 1. The summed E-state index contributed by atoms with van der Waals surface area (Å²) in [6, 6.07) is 5.63. The van der Waals surface area contributed by atoms with Crippen LogP contribution in [0.15, 0.2) is 18.2 Å². The van der Waals surface area contributed by atoms with Gasteiger partial charge in [-0.05, 0) is 29.0 Å². The molecule has 0 fully saturated rings. The fraction of sp³-hybridized carbons (Fsp3) is 0.462. The Labute approximate surface area is 113 Å². The van der Waals surface area contributed by atoms with Crippen molar-refractivity contribution in [3.05, 3.63) is 34.9 Å². The van der Waals surface area contributed by atoms with Crippen LogP contribution < -0.4 is 0 Å². The van der Waals surface area contributed by atoms with Crippen LogP contribution in [0.25, 0.3) is 0 Å². The van der Waals surface area contributed by atoms with Crippen molar-refractivity contribution in [1.29, 1.82) is 0 Å². The zero-order valence-corrected chi connectivity index (χ0v) is 11.9. The maximum absolute atomic E-state index is 11.0. The highest BCUT2D eigenvalue weighted by molar-refractivity contribution is 5.89. The van der Waals surface area contributed by atoms with Gasteiger partial charge in [-0.1, -0.05) is 39.8 Å². The molecular formula is C13H18MgO2. The molecule has 0 atom stereocenters. The summed E-state index contributed by atoms with van der Waals surface area (Å²) < 4.78 is 0. The van der Waals surface area contributed by atoms with Crippen LogP contribution in [0.1, 0.15) is 61.0 Å². The van der Waals surface area contributed by atoms with Gasteiger partial charge in [0.15, 0.2) is 0 Å². The predicted molar refractivity (Wildman–Crippen MR) is 67.3 cm³/mol. The van der Waals surface area contributed by atoms with E-state index >= 15 is 0 Å². The summed E-state index contributed by atoms with van der Waals surface area (Å²) >= 11 is 0. The van der Waals surface area contributed by atoms with Gasteiger partial charge >= 0.3 is 5.97 Å². The van der Waals surface area contributed by atoms with Gasteiger partial charge in [-0.2, -0.15) is 0 Å². The Kier molecular flexibility index (Phi) is 6.04. The lowest BCUT2D eigenvalue weighted by Gasteiger charge is -2.13. The van der Waals surface area contributed by atoms with E-state index in [0.29, 0.717) is 11.5 Å². The van der Waals surface area contributed by atoms with Crippen molar-refractivity contribution in [2.45, 2.75) is 39.5 Å². The molecule has 0 saturated carbocycles. The van der Waals surface area contributed by atoms with Crippen molar-refractivity contribution in [2.24, 2.45) is 0 Å². The lowest BCUT2D eigenvalue weighted by Crippen LogP contribution is -2.05. The normalized spacial score (nSPS) is 10.4. The molecule has 0 aliphatic carbocycles. The standard InChI is InChI=1S/C13H18O2.Mg/c1-8(2)10-5-6-11(13(14)15)12(7-10)9(3)4;/h5-9H,1-4H3,(H,14,15);. The van der Waals surface area contributed by atoms with Crippen LogP contribution in [-0.2, 0) is 0 Å². The molecular weight excluding hydrogens is 212 g/mol. The van der Waals surface area contributed by atoms with E-state index in [2.05, 4.69) is 13.8 Å². The van der Waals surface area contributed by atoms with Crippen LogP contribution in [0, 0.1) is 0 Å². The quantitative estimate of drug-likeness (QED) is 0.810. The van der Waals surface area contributed by atoms with E-state index in [1.165, 1.54) is 5.56 Å². The third kappa shape index (κ3) is 3.49. The van der Waals surface area contributed by atoms with E-state index in [0.717, 1.165) is 5.56 Å². The van der Waals surface area contributed by atoms with Gasteiger partial charge in [-0.3, -0.25) is 0 Å². The Hall–Kier alpha value is -0.544. The smallest absolute Gasteiger partial charge is 0.335 e. The summed E-state index contributed by atoms with van der Waals surface area (Å²) in [4.78, 5) is 11.0. The number of carbonyl (C=O) groups is 1. The van der Waals surface area contributed by atoms with E-state index < -0.39 is 5.97 Å². The van der Waals surface area contributed by atoms with E-state index in [9.17, 15) is 4.79 Å². The number of rotatable bonds is 3. The number of aromatic carboxylic acids is 1. The first kappa shape index (κ1) is 15.5. The maximum Gasteiger partial charge on any atom is 0.335 e. The molecule has 0 saturated heterocycles. The molecule has 3 heteroatoms. The zero-order chi connectivity index (χ0) is 11.6. The van der Waals surface area contributed by atoms with Crippen molar-refractivity contribution in [1.82, 2.24) is 0 Å².